The van der Waals surface area contributed by atoms with Crippen molar-refractivity contribution in [3.8, 4) is 0 Å². The van der Waals surface area contributed by atoms with Crippen molar-refractivity contribution in [3.05, 3.63) is 22.9 Å². The molecule has 0 aliphatic carbocycles. The van der Waals surface area contributed by atoms with E-state index >= 15 is 0 Å². The summed E-state index contributed by atoms with van der Waals surface area (Å²) in [4.78, 5) is 30.0. The summed E-state index contributed by atoms with van der Waals surface area (Å²) < 4.78 is 12.6. The molecule has 2 heterocycles. The number of carbonyl (C=O) groups excluding carboxylic acids is 2. The van der Waals surface area contributed by atoms with Crippen LogP contribution in [0.15, 0.2) is 22.9 Å². The lowest BCUT2D eigenvalue weighted by atomic mass is 10.2. The molecule has 0 atom stereocenters. The maximum absolute atomic E-state index is 12.6. The highest BCUT2D eigenvalue weighted by molar-refractivity contribution is 9.10. The Morgan fingerprint density at radius 1 is 1.36 bits per heavy atom. The van der Waals surface area contributed by atoms with Gasteiger partial charge in [0.05, 0.1) is 23.7 Å². The molecule has 0 N–H and O–H groups in total. The Morgan fingerprint density at radius 3 is 2.72 bits per heavy atom. The van der Waals surface area contributed by atoms with Gasteiger partial charge in [-0.15, -0.1) is 0 Å². The fourth-order valence-electron chi connectivity index (χ4n) is 2.03. The number of rotatable bonds is 5. The molecule has 0 saturated carbocycles. The summed E-state index contributed by atoms with van der Waals surface area (Å²) in [6.07, 6.45) is 2.76. The molecule has 0 spiro atoms. The molecule has 2 aromatic heterocycles. The van der Waals surface area contributed by atoms with Gasteiger partial charge in [0.25, 0.3) is 0 Å². The summed E-state index contributed by atoms with van der Waals surface area (Å²) in [7, 11) is 0. The van der Waals surface area contributed by atoms with Crippen molar-refractivity contribution >= 4 is 39.5 Å². The predicted molar refractivity (Wildman–Crippen MR) is 95.5 cm³/mol. The monoisotopic (exact) mass is 412 g/mol. The van der Waals surface area contributed by atoms with Crippen LogP contribution in [0.1, 0.15) is 34.1 Å². The number of esters is 1. The first-order valence-corrected chi connectivity index (χ1v) is 8.66. The van der Waals surface area contributed by atoms with Crippen LogP contribution in [0.2, 0.25) is 0 Å². The molecule has 0 aliphatic rings. The van der Waals surface area contributed by atoms with Gasteiger partial charge in [-0.1, -0.05) is 0 Å². The Kier molecular flexibility index (Phi) is 5.99. The molecule has 136 valence electrons. The van der Waals surface area contributed by atoms with E-state index < -0.39 is 11.7 Å². The number of anilines is 1. The minimum atomic E-state index is -0.666. The number of aromatic nitrogens is 3. The molecule has 0 aliphatic heterocycles. The molecule has 1 amide bonds. The van der Waals surface area contributed by atoms with E-state index in [-0.39, 0.29) is 25.5 Å². The summed E-state index contributed by atoms with van der Waals surface area (Å²) in [6, 6.07) is 1.64. The van der Waals surface area contributed by atoms with Gasteiger partial charge in [-0.25, -0.2) is 14.3 Å². The number of hydrogen-bond acceptors (Lipinski definition) is 6. The van der Waals surface area contributed by atoms with Crippen molar-refractivity contribution in [1.82, 2.24) is 14.6 Å². The predicted octanol–water partition coefficient (Wildman–Crippen LogP) is 3.19. The molecule has 0 fully saturated rings. The van der Waals surface area contributed by atoms with Crippen LogP contribution >= 0.6 is 15.9 Å². The van der Waals surface area contributed by atoms with Crippen LogP contribution in [0.5, 0.6) is 0 Å². The van der Waals surface area contributed by atoms with Crippen LogP contribution in [-0.4, -0.2) is 45.4 Å². The van der Waals surface area contributed by atoms with Gasteiger partial charge in [0.1, 0.15) is 11.4 Å². The summed E-state index contributed by atoms with van der Waals surface area (Å²) in [5.74, 6) is -0.0186. The van der Waals surface area contributed by atoms with Gasteiger partial charge in [0, 0.05) is 12.7 Å². The molecule has 9 heteroatoms. The van der Waals surface area contributed by atoms with E-state index in [1.54, 1.807) is 50.7 Å². The molecule has 0 saturated heterocycles. The van der Waals surface area contributed by atoms with E-state index in [4.69, 9.17) is 9.47 Å². The van der Waals surface area contributed by atoms with Crippen molar-refractivity contribution in [1.29, 1.82) is 0 Å². The Balaban J connectivity index is 2.29. The third-order valence-electron chi connectivity index (χ3n) is 3.05. The van der Waals surface area contributed by atoms with E-state index in [2.05, 4.69) is 26.0 Å². The van der Waals surface area contributed by atoms with Gasteiger partial charge >= 0.3 is 12.1 Å². The van der Waals surface area contributed by atoms with Crippen LogP contribution in [0.3, 0.4) is 0 Å². The van der Waals surface area contributed by atoms with Gasteiger partial charge in [-0.3, -0.25) is 9.69 Å². The fraction of sp³-hybridized carbons (Fsp3) is 0.500. The molecule has 0 bridgehead atoms. The van der Waals surface area contributed by atoms with Gasteiger partial charge in [-0.2, -0.15) is 5.10 Å². The minimum absolute atomic E-state index is 0.0420. The van der Waals surface area contributed by atoms with Gasteiger partial charge in [-0.05, 0) is 49.7 Å². The zero-order valence-corrected chi connectivity index (χ0v) is 16.2. The second kappa shape index (κ2) is 7.81. The number of fused-ring (bicyclic) bond motifs is 1. The molecule has 2 rings (SSSR count). The number of carbonyl (C=O) groups is 2. The second-order valence-electron chi connectivity index (χ2n) is 6.23. The van der Waals surface area contributed by atoms with Crippen molar-refractivity contribution in [2.45, 2.75) is 39.7 Å². The number of amides is 1. The van der Waals surface area contributed by atoms with Crippen LogP contribution in [-0.2, 0) is 14.3 Å². The molecule has 0 radical (unpaired) electrons. The van der Waals surface area contributed by atoms with Crippen molar-refractivity contribution in [3.63, 3.8) is 0 Å². The topological polar surface area (TPSA) is 86.0 Å². The first-order chi connectivity index (χ1) is 11.7. The first-order valence-electron chi connectivity index (χ1n) is 7.87. The quantitative estimate of drug-likeness (QED) is 0.700. The molecular weight excluding hydrogens is 392 g/mol. The Labute approximate surface area is 154 Å². The number of halogens is 1. The Bertz CT molecular complexity index is 769. The molecule has 2 aromatic rings. The van der Waals surface area contributed by atoms with E-state index in [0.29, 0.717) is 15.9 Å². The van der Waals surface area contributed by atoms with Gasteiger partial charge < -0.3 is 9.47 Å². The number of hydrogen-bond donors (Lipinski definition) is 0. The lowest BCUT2D eigenvalue weighted by molar-refractivity contribution is -0.142. The Hall–Kier alpha value is -2.16. The lowest BCUT2D eigenvalue weighted by Crippen LogP contribution is -2.38. The van der Waals surface area contributed by atoms with Crippen LogP contribution in [0.25, 0.3) is 5.65 Å². The van der Waals surface area contributed by atoms with Crippen molar-refractivity contribution in [2.75, 3.05) is 18.1 Å². The Morgan fingerprint density at radius 2 is 2.08 bits per heavy atom. The van der Waals surface area contributed by atoms with E-state index in [9.17, 15) is 9.59 Å². The molecule has 8 nitrogen and oxygen atoms in total. The minimum Gasteiger partial charge on any atom is -0.466 e. The first kappa shape index (κ1) is 19.2. The van der Waals surface area contributed by atoms with E-state index in [0.717, 1.165) is 0 Å². The van der Waals surface area contributed by atoms with Crippen molar-refractivity contribution < 1.29 is 19.1 Å². The smallest absolute Gasteiger partial charge is 0.416 e. The highest BCUT2D eigenvalue weighted by Crippen LogP contribution is 2.21. The van der Waals surface area contributed by atoms with Crippen LogP contribution in [0, 0.1) is 0 Å². The van der Waals surface area contributed by atoms with Gasteiger partial charge in [0.15, 0.2) is 5.65 Å². The van der Waals surface area contributed by atoms with Crippen LogP contribution in [0.4, 0.5) is 10.6 Å². The molecular formula is C16H21BrN4O4. The maximum atomic E-state index is 12.6. The zero-order valence-electron chi connectivity index (χ0n) is 14.7. The van der Waals surface area contributed by atoms with Crippen molar-refractivity contribution in [2.24, 2.45) is 0 Å². The van der Waals surface area contributed by atoms with E-state index in [1.165, 1.54) is 4.90 Å². The third kappa shape index (κ3) is 5.15. The van der Waals surface area contributed by atoms with Crippen LogP contribution < -0.4 is 4.90 Å². The van der Waals surface area contributed by atoms with Gasteiger partial charge in [0.2, 0.25) is 0 Å². The standard InChI is InChI=1S/C16H21BrN4O4/c1-5-24-13(22)7-8-20(15(23)25-16(2,3)4)12-6-9-21-14(19-12)11(17)10-18-21/h6,9-10H,5,7-8H2,1-4H3. The lowest BCUT2D eigenvalue weighted by Gasteiger charge is -2.26. The summed E-state index contributed by atoms with van der Waals surface area (Å²) >= 11 is 3.36. The molecule has 25 heavy (non-hydrogen) atoms. The highest BCUT2D eigenvalue weighted by atomic mass is 79.9. The second-order valence-corrected chi connectivity index (χ2v) is 7.09. The molecule has 0 aromatic carbocycles. The summed E-state index contributed by atoms with van der Waals surface area (Å²) in [5, 5.41) is 4.12. The van der Waals surface area contributed by atoms with E-state index in [1.807, 2.05) is 0 Å². The third-order valence-corrected chi connectivity index (χ3v) is 3.61. The number of nitrogens with zero attached hydrogens (tertiary/aromatic N) is 4. The normalized spacial score (nSPS) is 11.4. The highest BCUT2D eigenvalue weighted by Gasteiger charge is 2.25. The largest absolute Gasteiger partial charge is 0.466 e. The maximum Gasteiger partial charge on any atom is 0.416 e. The average Bonchev–Trinajstić information content (AvgIpc) is 2.87. The number of ether oxygens (including phenoxy) is 2. The summed E-state index contributed by atoms with van der Waals surface area (Å²) in [6.45, 7) is 7.45. The molecule has 0 unspecified atom stereocenters. The zero-order chi connectivity index (χ0) is 18.6. The average molecular weight is 413 g/mol. The summed E-state index contributed by atoms with van der Waals surface area (Å²) in [5.41, 5.74) is -0.109. The SMILES string of the molecule is CCOC(=O)CCN(C(=O)OC(C)(C)C)c1ccn2ncc(Br)c2n1. The fourth-order valence-corrected chi connectivity index (χ4v) is 2.40.